The van der Waals surface area contributed by atoms with Gasteiger partial charge in [0.05, 0.1) is 22.6 Å². The van der Waals surface area contributed by atoms with Crippen LogP contribution in [0.25, 0.3) is 0 Å². The minimum atomic E-state index is -4.12. The van der Waals surface area contributed by atoms with E-state index in [2.05, 4.69) is 4.72 Å². The molecule has 7 nitrogen and oxygen atoms in total. The van der Waals surface area contributed by atoms with E-state index in [0.717, 1.165) is 12.1 Å². The van der Waals surface area contributed by atoms with Crippen molar-refractivity contribution in [3.63, 3.8) is 0 Å². The number of aliphatic hydroxyl groups excluding tert-OH is 1. The highest BCUT2D eigenvalue weighted by molar-refractivity contribution is 7.89. The van der Waals surface area contributed by atoms with Gasteiger partial charge in [-0.3, -0.25) is 0 Å². The van der Waals surface area contributed by atoms with Gasteiger partial charge in [-0.2, -0.15) is 0 Å². The monoisotopic (exact) mass is 316 g/mol. The van der Waals surface area contributed by atoms with E-state index in [0.29, 0.717) is 12.8 Å². The van der Waals surface area contributed by atoms with Gasteiger partial charge < -0.3 is 15.9 Å². The van der Waals surface area contributed by atoms with Gasteiger partial charge in [0.2, 0.25) is 10.0 Å². The first-order valence-corrected chi connectivity index (χ1v) is 7.97. The Hall–Kier alpha value is -1.64. The van der Waals surface area contributed by atoms with Crippen LogP contribution in [0, 0.1) is 0 Å². The van der Waals surface area contributed by atoms with Crippen LogP contribution in [-0.2, 0) is 10.0 Å². The van der Waals surface area contributed by atoms with Crippen LogP contribution in [-0.4, -0.2) is 36.7 Å². The van der Waals surface area contributed by atoms with E-state index in [9.17, 15) is 18.3 Å². The molecule has 0 unspecified atom stereocenters. The van der Waals surface area contributed by atoms with Crippen LogP contribution < -0.4 is 10.5 Å². The fourth-order valence-corrected chi connectivity index (χ4v) is 3.70. The fraction of sp³-hybridized carbons (Fsp3) is 0.462. The van der Waals surface area contributed by atoms with Gasteiger partial charge in [-0.25, -0.2) is 17.9 Å². The number of benzene rings is 1. The smallest absolute Gasteiger partial charge is 0.337 e. The molecule has 5 N–H and O–H groups in total. The Balaban J connectivity index is 3.38. The lowest BCUT2D eigenvalue weighted by molar-refractivity contribution is 0.0692. The number of sulfonamides is 1. The number of nitrogen functional groups attached to an aromatic ring is 1. The van der Waals surface area contributed by atoms with Gasteiger partial charge in [0.1, 0.15) is 0 Å². The van der Waals surface area contributed by atoms with E-state index in [4.69, 9.17) is 10.8 Å². The van der Waals surface area contributed by atoms with Crippen LogP contribution in [0.4, 0.5) is 5.69 Å². The summed E-state index contributed by atoms with van der Waals surface area (Å²) in [6.07, 6.45) is 0.730. The zero-order valence-electron chi connectivity index (χ0n) is 12.0. The molecule has 0 fully saturated rings. The number of carbonyl (C=O) groups is 1. The van der Waals surface area contributed by atoms with E-state index in [-0.39, 0.29) is 17.9 Å². The van der Waals surface area contributed by atoms with Crippen molar-refractivity contribution in [3.05, 3.63) is 23.8 Å². The van der Waals surface area contributed by atoms with Crippen molar-refractivity contribution in [1.29, 1.82) is 0 Å². The molecule has 0 bridgehead atoms. The zero-order chi connectivity index (χ0) is 16.3. The molecule has 1 aromatic rings. The second-order valence-electron chi connectivity index (χ2n) is 4.81. The molecule has 1 aromatic carbocycles. The molecule has 21 heavy (non-hydrogen) atoms. The van der Waals surface area contributed by atoms with Gasteiger partial charge in [0.15, 0.2) is 0 Å². The summed E-state index contributed by atoms with van der Waals surface area (Å²) in [7, 11) is -4.12. The lowest BCUT2D eigenvalue weighted by Crippen LogP contribution is -2.50. The Labute approximate surface area is 123 Å². The van der Waals surface area contributed by atoms with Crippen molar-refractivity contribution in [2.75, 3.05) is 12.3 Å². The van der Waals surface area contributed by atoms with Crippen LogP contribution >= 0.6 is 0 Å². The molecule has 0 aromatic heterocycles. The largest absolute Gasteiger partial charge is 0.478 e. The number of carboxylic acid groups (broad SMARTS) is 1. The number of anilines is 1. The maximum absolute atomic E-state index is 12.5. The molecule has 0 aliphatic rings. The minimum Gasteiger partial charge on any atom is -0.478 e. The second kappa shape index (κ2) is 6.42. The third-order valence-electron chi connectivity index (χ3n) is 3.53. The molecule has 0 amide bonds. The average Bonchev–Trinajstić information content (AvgIpc) is 2.44. The standard InChI is InChI=1S/C13H20N2O5S/c1-3-13(4-2,8-16)15-21(19,20)11-7-9(14)5-6-10(11)12(17)18/h5-7,15-16H,3-4,8,14H2,1-2H3,(H,17,18). The van der Waals surface area contributed by atoms with Crippen molar-refractivity contribution in [2.45, 2.75) is 37.1 Å². The Morgan fingerprint density at radius 3 is 2.33 bits per heavy atom. The summed E-state index contributed by atoms with van der Waals surface area (Å²) in [5, 5.41) is 18.6. The molecule has 0 aliphatic carbocycles. The Morgan fingerprint density at radius 1 is 1.33 bits per heavy atom. The van der Waals surface area contributed by atoms with E-state index >= 15 is 0 Å². The van der Waals surface area contributed by atoms with Crippen LogP contribution in [0.2, 0.25) is 0 Å². The van der Waals surface area contributed by atoms with E-state index in [1.807, 2.05) is 0 Å². The van der Waals surface area contributed by atoms with Gasteiger partial charge >= 0.3 is 5.97 Å². The number of nitrogens with one attached hydrogen (secondary N) is 1. The number of aliphatic hydroxyl groups is 1. The third kappa shape index (κ3) is 3.72. The molecule has 118 valence electrons. The minimum absolute atomic E-state index is 0.142. The summed E-state index contributed by atoms with van der Waals surface area (Å²) in [6.45, 7) is 3.09. The molecular formula is C13H20N2O5S. The predicted molar refractivity (Wildman–Crippen MR) is 78.5 cm³/mol. The van der Waals surface area contributed by atoms with Crippen LogP contribution in [0.1, 0.15) is 37.0 Å². The predicted octanol–water partition coefficient (Wildman–Crippen LogP) is 0.796. The van der Waals surface area contributed by atoms with Gasteiger partial charge in [-0.05, 0) is 31.0 Å². The van der Waals surface area contributed by atoms with E-state index in [1.54, 1.807) is 13.8 Å². The fourth-order valence-electron chi connectivity index (χ4n) is 1.93. The normalized spacial score (nSPS) is 12.3. The van der Waals surface area contributed by atoms with Crippen LogP contribution in [0.5, 0.6) is 0 Å². The highest BCUT2D eigenvalue weighted by Crippen LogP contribution is 2.23. The molecule has 0 atom stereocenters. The zero-order valence-corrected chi connectivity index (χ0v) is 12.8. The topological polar surface area (TPSA) is 130 Å². The van der Waals surface area contributed by atoms with Crippen molar-refractivity contribution in [3.8, 4) is 0 Å². The quantitative estimate of drug-likeness (QED) is 0.550. The third-order valence-corrected chi connectivity index (χ3v) is 5.15. The molecule has 0 radical (unpaired) electrons. The van der Waals surface area contributed by atoms with E-state index in [1.165, 1.54) is 6.07 Å². The summed E-state index contributed by atoms with van der Waals surface area (Å²) in [5.74, 6) is -1.36. The first-order chi connectivity index (χ1) is 9.71. The lowest BCUT2D eigenvalue weighted by Gasteiger charge is -2.30. The van der Waals surface area contributed by atoms with Crippen molar-refractivity contribution in [2.24, 2.45) is 0 Å². The van der Waals surface area contributed by atoms with Crippen molar-refractivity contribution < 1.29 is 23.4 Å². The van der Waals surface area contributed by atoms with Crippen LogP contribution in [0.15, 0.2) is 23.1 Å². The molecule has 0 spiro atoms. The summed E-state index contributed by atoms with van der Waals surface area (Å²) < 4.78 is 27.3. The summed E-state index contributed by atoms with van der Waals surface area (Å²) in [6, 6.07) is 3.56. The number of carboxylic acids is 1. The molecule has 1 rings (SSSR count). The van der Waals surface area contributed by atoms with Gasteiger partial charge in [0.25, 0.3) is 0 Å². The summed E-state index contributed by atoms with van der Waals surface area (Å²) in [5.41, 5.74) is 4.30. The second-order valence-corrected chi connectivity index (χ2v) is 6.46. The van der Waals surface area contributed by atoms with Gasteiger partial charge in [-0.15, -0.1) is 0 Å². The molecule has 0 saturated heterocycles. The Kier molecular flexibility index (Phi) is 5.32. The first-order valence-electron chi connectivity index (χ1n) is 6.49. The molecular weight excluding hydrogens is 296 g/mol. The van der Waals surface area contributed by atoms with E-state index < -0.39 is 26.4 Å². The Bertz CT molecular complexity index is 615. The average molecular weight is 316 g/mol. The highest BCUT2D eigenvalue weighted by atomic mass is 32.2. The molecule has 8 heteroatoms. The van der Waals surface area contributed by atoms with Gasteiger partial charge in [0, 0.05) is 5.69 Å². The SMILES string of the molecule is CCC(CC)(CO)NS(=O)(=O)c1cc(N)ccc1C(=O)O. The summed E-state index contributed by atoms with van der Waals surface area (Å²) in [4.78, 5) is 10.8. The number of hydrogen-bond donors (Lipinski definition) is 4. The maximum Gasteiger partial charge on any atom is 0.337 e. The van der Waals surface area contributed by atoms with Crippen molar-refractivity contribution in [1.82, 2.24) is 4.72 Å². The number of nitrogens with two attached hydrogens (primary N) is 1. The van der Waals surface area contributed by atoms with Gasteiger partial charge in [-0.1, -0.05) is 13.8 Å². The Morgan fingerprint density at radius 2 is 1.90 bits per heavy atom. The summed E-state index contributed by atoms with van der Waals surface area (Å²) >= 11 is 0. The lowest BCUT2D eigenvalue weighted by atomic mass is 9.96. The first kappa shape index (κ1) is 17.4. The highest BCUT2D eigenvalue weighted by Gasteiger charge is 2.33. The molecule has 0 heterocycles. The maximum atomic E-state index is 12.5. The molecule has 0 aliphatic heterocycles. The van der Waals surface area contributed by atoms with Crippen LogP contribution in [0.3, 0.4) is 0 Å². The number of hydrogen-bond acceptors (Lipinski definition) is 5. The number of aromatic carboxylic acids is 1. The van der Waals surface area contributed by atoms with Crippen molar-refractivity contribution >= 4 is 21.7 Å². The number of rotatable bonds is 7. The molecule has 0 saturated carbocycles.